The van der Waals surface area contributed by atoms with Gasteiger partial charge >= 0.3 is 11.4 Å². The van der Waals surface area contributed by atoms with E-state index in [1.54, 1.807) is 50.0 Å². The lowest BCUT2D eigenvalue weighted by Crippen LogP contribution is -2.40. The molecular formula is C43H54Cl2N8O8S2. The number of hydrogen-bond donors (Lipinski definition) is 2. The van der Waals surface area contributed by atoms with E-state index in [9.17, 15) is 37.8 Å². The number of rotatable bonds is 16. The third-order valence-electron chi connectivity index (χ3n) is 11.3. The van der Waals surface area contributed by atoms with Gasteiger partial charge in [0.05, 0.1) is 30.0 Å². The zero-order valence-electron chi connectivity index (χ0n) is 35.0. The number of aliphatic hydroxyl groups is 2. The molecule has 0 amide bonds. The van der Waals surface area contributed by atoms with E-state index >= 15 is 0 Å². The molecule has 2 fully saturated rings. The van der Waals surface area contributed by atoms with E-state index in [0.29, 0.717) is 58.6 Å². The van der Waals surface area contributed by atoms with Gasteiger partial charge in [0, 0.05) is 43.0 Å². The number of aromatic nitrogens is 8. The second-order valence-corrected chi connectivity index (χ2v) is 20.2. The molecule has 20 heteroatoms. The van der Waals surface area contributed by atoms with Crippen molar-refractivity contribution < 1.29 is 18.6 Å². The molecule has 0 radical (unpaired) electrons. The zero-order valence-corrected chi connectivity index (χ0v) is 38.2. The highest BCUT2D eigenvalue weighted by molar-refractivity contribution is 7.99. The van der Waals surface area contributed by atoms with Crippen LogP contribution in [-0.4, -0.2) is 78.7 Å². The van der Waals surface area contributed by atoms with Crippen molar-refractivity contribution >= 4 is 67.1 Å². The standard InChI is InChI=1S/C21H25ClN4O5S.C21H25ClN4O3S.CH4/c1-3-12-32(30,31)19-23-17-16(26(19)13-14-4-6-15(22)7-5-14)18(27)25(20(28)24(17)2)11-10-21(29)8-9-21;1-3-12-30-19-23-17-16(26(19)13-14-4-6-15(22)7-5-14)18(27)25(20(28)24(17)2)11-10-21(29)8-9-21;/h4-7,29H,3,8-13H2,1-2H3;4-7,29H,3,8-13H2,1-2H3;1H4. The molecule has 2 aromatic carbocycles. The number of thioether (sulfide) groups is 1. The highest BCUT2D eigenvalue weighted by atomic mass is 35.5. The van der Waals surface area contributed by atoms with E-state index in [1.165, 1.54) is 25.3 Å². The van der Waals surface area contributed by atoms with E-state index in [-0.39, 0.29) is 61.1 Å². The second kappa shape index (κ2) is 18.9. The van der Waals surface area contributed by atoms with Crippen molar-refractivity contribution in [2.45, 2.75) is 120 Å². The van der Waals surface area contributed by atoms with Gasteiger partial charge in [-0.3, -0.25) is 27.9 Å². The molecule has 0 atom stereocenters. The Labute approximate surface area is 378 Å². The molecule has 0 saturated heterocycles. The average Bonchev–Trinajstić information content (AvgIpc) is 4.08. The van der Waals surface area contributed by atoms with Gasteiger partial charge in [0.2, 0.25) is 15.0 Å². The third-order valence-corrected chi connectivity index (χ3v) is 14.8. The maximum absolute atomic E-state index is 13.4. The molecule has 2 aliphatic rings. The van der Waals surface area contributed by atoms with Crippen LogP contribution in [0.4, 0.5) is 0 Å². The van der Waals surface area contributed by atoms with Gasteiger partial charge in [0.15, 0.2) is 27.5 Å². The van der Waals surface area contributed by atoms with Gasteiger partial charge < -0.3 is 19.3 Å². The minimum atomic E-state index is -3.79. The van der Waals surface area contributed by atoms with Crippen LogP contribution in [0.25, 0.3) is 22.3 Å². The first kappa shape index (κ1) is 48.0. The third kappa shape index (κ3) is 10.3. The lowest BCUT2D eigenvalue weighted by Gasteiger charge is -2.12. The van der Waals surface area contributed by atoms with Crippen LogP contribution < -0.4 is 22.5 Å². The molecule has 63 heavy (non-hydrogen) atoms. The minimum absolute atomic E-state index is 0. The Morgan fingerprint density at radius 1 is 0.667 bits per heavy atom. The number of benzene rings is 2. The van der Waals surface area contributed by atoms with Gasteiger partial charge in [0.1, 0.15) is 0 Å². The molecule has 16 nitrogen and oxygen atoms in total. The number of hydrogen-bond acceptors (Lipinski definition) is 11. The van der Waals surface area contributed by atoms with Gasteiger partial charge in [-0.2, -0.15) is 4.98 Å². The van der Waals surface area contributed by atoms with E-state index in [2.05, 4.69) is 16.9 Å². The number of sulfone groups is 1. The molecule has 6 aromatic rings. The first-order valence-electron chi connectivity index (χ1n) is 20.6. The summed E-state index contributed by atoms with van der Waals surface area (Å²) in [7, 11) is -0.694. The summed E-state index contributed by atoms with van der Waals surface area (Å²) in [6, 6.07) is 14.3. The fourth-order valence-electron chi connectivity index (χ4n) is 7.27. The Balaban J connectivity index is 0.000000207. The van der Waals surface area contributed by atoms with E-state index in [4.69, 9.17) is 23.2 Å². The van der Waals surface area contributed by atoms with E-state index < -0.39 is 38.0 Å². The van der Waals surface area contributed by atoms with Crippen molar-refractivity contribution in [2.75, 3.05) is 11.5 Å². The molecule has 340 valence electrons. The average molecular weight is 946 g/mol. The van der Waals surface area contributed by atoms with Crippen LogP contribution in [0.3, 0.4) is 0 Å². The molecule has 0 spiro atoms. The van der Waals surface area contributed by atoms with Crippen LogP contribution in [0.5, 0.6) is 0 Å². The Morgan fingerprint density at radius 3 is 1.52 bits per heavy atom. The normalized spacial score (nSPS) is 15.0. The smallest absolute Gasteiger partial charge is 0.332 e. The zero-order chi connectivity index (χ0) is 44.7. The molecule has 8 rings (SSSR count). The molecule has 2 N–H and O–H groups in total. The van der Waals surface area contributed by atoms with Crippen molar-refractivity contribution in [2.24, 2.45) is 14.1 Å². The van der Waals surface area contributed by atoms with Crippen molar-refractivity contribution in [1.29, 1.82) is 0 Å². The molecule has 4 heterocycles. The summed E-state index contributed by atoms with van der Waals surface area (Å²) in [5.41, 5.74) is -0.963. The number of aryl methyl sites for hydroxylation is 2. The molecule has 2 aliphatic carbocycles. The summed E-state index contributed by atoms with van der Waals surface area (Å²) in [6.07, 6.45) is 4.74. The summed E-state index contributed by atoms with van der Waals surface area (Å²) in [4.78, 5) is 61.4. The van der Waals surface area contributed by atoms with Crippen molar-refractivity contribution in [3.05, 3.63) is 111 Å². The first-order valence-corrected chi connectivity index (χ1v) is 24.0. The molecular weight excluding hydrogens is 892 g/mol. The lowest BCUT2D eigenvalue weighted by atomic mass is 10.2. The summed E-state index contributed by atoms with van der Waals surface area (Å²) in [6.45, 7) is 4.60. The molecule has 2 saturated carbocycles. The number of fused-ring (bicyclic) bond motifs is 2. The van der Waals surface area contributed by atoms with Crippen molar-refractivity contribution in [3.63, 3.8) is 0 Å². The van der Waals surface area contributed by atoms with E-state index in [1.807, 2.05) is 28.8 Å². The second-order valence-electron chi connectivity index (χ2n) is 16.3. The van der Waals surface area contributed by atoms with Gasteiger partial charge in [-0.15, -0.1) is 0 Å². The van der Waals surface area contributed by atoms with Crippen molar-refractivity contribution in [3.8, 4) is 0 Å². The molecule has 0 unspecified atom stereocenters. The van der Waals surface area contributed by atoms with Crippen LogP contribution in [-0.2, 0) is 50.1 Å². The highest BCUT2D eigenvalue weighted by Crippen LogP contribution is 2.39. The maximum Gasteiger partial charge on any atom is 0.332 e. The van der Waals surface area contributed by atoms with E-state index in [0.717, 1.165) is 40.7 Å². The largest absolute Gasteiger partial charge is 0.390 e. The molecule has 0 bridgehead atoms. The summed E-state index contributed by atoms with van der Waals surface area (Å²) >= 11 is 13.6. The predicted molar refractivity (Wildman–Crippen MR) is 247 cm³/mol. The van der Waals surface area contributed by atoms with Crippen LogP contribution in [0.15, 0.2) is 78.0 Å². The topological polar surface area (TPSA) is 198 Å². The maximum atomic E-state index is 13.4. The monoisotopic (exact) mass is 944 g/mol. The van der Waals surface area contributed by atoms with Gasteiger partial charge in [-0.1, -0.05) is 80.5 Å². The summed E-state index contributed by atoms with van der Waals surface area (Å²) in [5.74, 6) is 0.727. The van der Waals surface area contributed by atoms with Crippen LogP contribution in [0.1, 0.15) is 83.8 Å². The fraction of sp³-hybridized carbons (Fsp3) is 0.488. The summed E-state index contributed by atoms with van der Waals surface area (Å²) in [5, 5.41) is 22.0. The SMILES string of the molecule is C.CCCS(=O)(=O)c1nc2c(c(=O)n(CCC3(O)CC3)c(=O)n2C)n1Cc1ccc(Cl)cc1.CCCSc1nc2c(c(=O)n(CCC3(O)CC3)c(=O)n2C)n1Cc1ccc(Cl)cc1. The van der Waals surface area contributed by atoms with Gasteiger partial charge in [-0.25, -0.2) is 23.0 Å². The van der Waals surface area contributed by atoms with Crippen LogP contribution in [0.2, 0.25) is 10.0 Å². The Morgan fingerprint density at radius 2 is 1.10 bits per heavy atom. The lowest BCUT2D eigenvalue weighted by molar-refractivity contribution is 0.132. The Kier molecular flexibility index (Phi) is 14.4. The Hall–Kier alpha value is -4.46. The van der Waals surface area contributed by atoms with Crippen LogP contribution >= 0.6 is 35.0 Å². The highest BCUT2D eigenvalue weighted by Gasteiger charge is 2.41. The summed E-state index contributed by atoms with van der Waals surface area (Å²) < 4.78 is 34.1. The number of imidazole rings is 2. The minimum Gasteiger partial charge on any atom is -0.390 e. The molecule has 0 aliphatic heterocycles. The Bertz CT molecular complexity index is 3000. The number of nitrogens with zero attached hydrogens (tertiary/aromatic N) is 8. The number of halogens is 2. The first-order chi connectivity index (χ1) is 29.4. The fourth-order valence-corrected chi connectivity index (χ4v) is 9.80. The molecule has 4 aromatic heterocycles. The van der Waals surface area contributed by atoms with Crippen LogP contribution in [0, 0.1) is 0 Å². The van der Waals surface area contributed by atoms with Crippen molar-refractivity contribution in [1.82, 2.24) is 37.4 Å². The van der Waals surface area contributed by atoms with Gasteiger partial charge in [-0.05, 0) is 86.8 Å². The van der Waals surface area contributed by atoms with Gasteiger partial charge in [0.25, 0.3) is 11.1 Å². The quantitative estimate of drug-likeness (QED) is 0.119. The predicted octanol–water partition coefficient (Wildman–Crippen LogP) is 5.35.